The fraction of sp³-hybridized carbons (Fsp3) is 0.333. The molecule has 0 unspecified atom stereocenters. The maximum atomic E-state index is 11.9. The van der Waals surface area contributed by atoms with Gasteiger partial charge < -0.3 is 10.6 Å². The van der Waals surface area contributed by atoms with Crippen LogP contribution in [0.1, 0.15) is 29.9 Å². The van der Waals surface area contributed by atoms with E-state index < -0.39 is 0 Å². The Labute approximate surface area is 119 Å². The number of amides is 1. The molecule has 0 radical (unpaired) electrons. The molecule has 0 aliphatic carbocycles. The Morgan fingerprint density at radius 2 is 1.95 bits per heavy atom. The van der Waals surface area contributed by atoms with Gasteiger partial charge in [0.2, 0.25) is 0 Å². The van der Waals surface area contributed by atoms with Gasteiger partial charge in [-0.1, -0.05) is 26.0 Å². The number of aryl methyl sites for hydroxylation is 1. The summed E-state index contributed by atoms with van der Waals surface area (Å²) in [6.07, 6.45) is 1.75. The molecule has 0 atom stereocenters. The summed E-state index contributed by atoms with van der Waals surface area (Å²) in [7, 11) is 1.79. The third-order valence-electron chi connectivity index (χ3n) is 2.87. The number of hydrogen-bond acceptors (Lipinski definition) is 3. The zero-order chi connectivity index (χ0) is 14.5. The van der Waals surface area contributed by atoms with Crippen LogP contribution in [0.3, 0.4) is 0 Å². The molecule has 20 heavy (non-hydrogen) atoms. The van der Waals surface area contributed by atoms with Crippen LogP contribution in [0.25, 0.3) is 0 Å². The molecule has 0 aliphatic rings. The maximum absolute atomic E-state index is 11.9. The van der Waals surface area contributed by atoms with E-state index >= 15 is 0 Å². The monoisotopic (exact) mass is 272 g/mol. The maximum Gasteiger partial charge on any atom is 0.276 e. The van der Waals surface area contributed by atoms with Gasteiger partial charge in [0.15, 0.2) is 5.69 Å². The second-order valence-corrected chi connectivity index (χ2v) is 5.06. The van der Waals surface area contributed by atoms with Gasteiger partial charge in [0.25, 0.3) is 5.91 Å². The van der Waals surface area contributed by atoms with Crippen LogP contribution in [-0.4, -0.2) is 21.7 Å². The number of hydrogen-bond donors (Lipinski definition) is 2. The molecule has 0 saturated heterocycles. The average Bonchev–Trinajstić information content (AvgIpc) is 2.85. The molecule has 0 fully saturated rings. The molecular formula is C15H20N4O. The number of nitrogens with zero attached hydrogens (tertiary/aromatic N) is 2. The molecule has 0 bridgehead atoms. The summed E-state index contributed by atoms with van der Waals surface area (Å²) in [4.78, 5) is 11.9. The van der Waals surface area contributed by atoms with Gasteiger partial charge in [-0.3, -0.25) is 9.48 Å². The molecule has 5 heteroatoms. The smallest absolute Gasteiger partial charge is 0.276 e. The first-order chi connectivity index (χ1) is 9.54. The number of rotatable bonds is 5. The minimum atomic E-state index is -0.196. The molecule has 1 aromatic carbocycles. The molecule has 0 aliphatic heterocycles. The lowest BCUT2D eigenvalue weighted by molar-refractivity contribution is 0.102. The third-order valence-corrected chi connectivity index (χ3v) is 2.87. The van der Waals surface area contributed by atoms with Gasteiger partial charge in [-0.05, 0) is 23.8 Å². The van der Waals surface area contributed by atoms with Crippen LogP contribution in [0, 0.1) is 0 Å². The lowest BCUT2D eigenvalue weighted by Crippen LogP contribution is -2.21. The highest BCUT2D eigenvalue weighted by molar-refractivity contribution is 6.02. The Morgan fingerprint density at radius 3 is 2.50 bits per heavy atom. The average molecular weight is 272 g/mol. The summed E-state index contributed by atoms with van der Waals surface area (Å²) < 4.78 is 1.61. The van der Waals surface area contributed by atoms with Crippen LogP contribution in [-0.2, 0) is 13.6 Å². The fourth-order valence-corrected chi connectivity index (χ4v) is 1.76. The van der Waals surface area contributed by atoms with Crippen molar-refractivity contribution < 1.29 is 4.79 Å². The number of carbonyl (C=O) groups excluding carboxylic acids is 1. The van der Waals surface area contributed by atoms with Gasteiger partial charge in [0, 0.05) is 31.5 Å². The predicted molar refractivity (Wildman–Crippen MR) is 79.6 cm³/mol. The van der Waals surface area contributed by atoms with E-state index in [-0.39, 0.29) is 5.91 Å². The second kappa shape index (κ2) is 6.34. The molecule has 106 valence electrons. The lowest BCUT2D eigenvalue weighted by atomic mass is 10.2. The van der Waals surface area contributed by atoms with E-state index in [9.17, 15) is 4.79 Å². The minimum absolute atomic E-state index is 0.196. The van der Waals surface area contributed by atoms with Crippen molar-refractivity contribution >= 4 is 11.6 Å². The fourth-order valence-electron chi connectivity index (χ4n) is 1.76. The van der Waals surface area contributed by atoms with Crippen LogP contribution in [0.4, 0.5) is 5.69 Å². The van der Waals surface area contributed by atoms with Gasteiger partial charge in [0.1, 0.15) is 0 Å². The van der Waals surface area contributed by atoms with E-state index in [2.05, 4.69) is 29.6 Å². The number of benzene rings is 1. The molecule has 5 nitrogen and oxygen atoms in total. The largest absolute Gasteiger partial charge is 0.321 e. The van der Waals surface area contributed by atoms with Gasteiger partial charge in [-0.15, -0.1) is 0 Å². The van der Waals surface area contributed by atoms with E-state index in [1.165, 1.54) is 5.56 Å². The van der Waals surface area contributed by atoms with E-state index in [0.29, 0.717) is 11.7 Å². The normalized spacial score (nSPS) is 10.8. The highest BCUT2D eigenvalue weighted by atomic mass is 16.1. The van der Waals surface area contributed by atoms with Crippen LogP contribution >= 0.6 is 0 Å². The van der Waals surface area contributed by atoms with E-state index in [1.807, 2.05) is 24.3 Å². The van der Waals surface area contributed by atoms with Crippen LogP contribution < -0.4 is 10.6 Å². The summed E-state index contributed by atoms with van der Waals surface area (Å²) in [6, 6.07) is 9.96. The van der Waals surface area contributed by atoms with Crippen molar-refractivity contribution in [1.82, 2.24) is 15.1 Å². The number of carbonyl (C=O) groups is 1. The van der Waals surface area contributed by atoms with E-state index in [4.69, 9.17) is 0 Å². The predicted octanol–water partition coefficient (Wildman–Crippen LogP) is 2.17. The molecule has 1 heterocycles. The first-order valence-corrected chi connectivity index (χ1v) is 6.68. The van der Waals surface area contributed by atoms with Crippen molar-refractivity contribution in [3.63, 3.8) is 0 Å². The summed E-state index contributed by atoms with van der Waals surface area (Å²) >= 11 is 0. The highest BCUT2D eigenvalue weighted by Crippen LogP contribution is 2.11. The van der Waals surface area contributed by atoms with Crippen LogP contribution in [0.5, 0.6) is 0 Å². The number of aromatic nitrogens is 2. The number of nitrogens with one attached hydrogen (secondary N) is 2. The molecule has 2 N–H and O–H groups in total. The van der Waals surface area contributed by atoms with Crippen LogP contribution in [0.2, 0.25) is 0 Å². The molecule has 0 spiro atoms. The standard InChI is InChI=1S/C15H20N4O/c1-11(2)16-10-12-4-6-13(7-5-12)17-15(20)14-8-9-19(3)18-14/h4-9,11,16H,10H2,1-3H3,(H,17,20). The summed E-state index contributed by atoms with van der Waals surface area (Å²) in [5.74, 6) is -0.196. The highest BCUT2D eigenvalue weighted by Gasteiger charge is 2.08. The second-order valence-electron chi connectivity index (χ2n) is 5.06. The minimum Gasteiger partial charge on any atom is -0.321 e. The van der Waals surface area contributed by atoms with Gasteiger partial charge in [-0.25, -0.2) is 0 Å². The molecule has 0 saturated carbocycles. The van der Waals surface area contributed by atoms with Crippen molar-refractivity contribution in [3.05, 3.63) is 47.8 Å². The zero-order valence-corrected chi connectivity index (χ0v) is 12.1. The Morgan fingerprint density at radius 1 is 1.25 bits per heavy atom. The first-order valence-electron chi connectivity index (χ1n) is 6.68. The molecule has 1 amide bonds. The van der Waals surface area contributed by atoms with E-state index in [1.54, 1.807) is 24.0 Å². The summed E-state index contributed by atoms with van der Waals surface area (Å²) in [5, 5.41) is 10.2. The SMILES string of the molecule is CC(C)NCc1ccc(NC(=O)c2ccn(C)n2)cc1. The van der Waals surface area contributed by atoms with Crippen molar-refractivity contribution in [1.29, 1.82) is 0 Å². The zero-order valence-electron chi connectivity index (χ0n) is 12.1. The van der Waals surface area contributed by atoms with Gasteiger partial charge >= 0.3 is 0 Å². The molecule has 2 aromatic rings. The molecular weight excluding hydrogens is 252 g/mol. The Balaban J connectivity index is 1.95. The lowest BCUT2D eigenvalue weighted by Gasteiger charge is -2.09. The van der Waals surface area contributed by atoms with Crippen molar-refractivity contribution in [2.45, 2.75) is 26.4 Å². The number of anilines is 1. The van der Waals surface area contributed by atoms with Crippen LogP contribution in [0.15, 0.2) is 36.5 Å². The third kappa shape index (κ3) is 3.93. The summed E-state index contributed by atoms with van der Waals surface area (Å²) in [5.41, 5.74) is 2.38. The summed E-state index contributed by atoms with van der Waals surface area (Å²) in [6.45, 7) is 5.05. The molecule has 2 rings (SSSR count). The topological polar surface area (TPSA) is 58.9 Å². The van der Waals surface area contributed by atoms with Crippen molar-refractivity contribution in [2.24, 2.45) is 7.05 Å². The van der Waals surface area contributed by atoms with Crippen molar-refractivity contribution in [2.75, 3.05) is 5.32 Å². The van der Waals surface area contributed by atoms with Gasteiger partial charge in [0.05, 0.1) is 0 Å². The van der Waals surface area contributed by atoms with Gasteiger partial charge in [-0.2, -0.15) is 5.10 Å². The Kier molecular flexibility index (Phi) is 4.53. The Hall–Kier alpha value is -2.14. The quantitative estimate of drug-likeness (QED) is 0.877. The first kappa shape index (κ1) is 14.3. The molecule has 1 aromatic heterocycles. The van der Waals surface area contributed by atoms with Crippen molar-refractivity contribution in [3.8, 4) is 0 Å². The Bertz CT molecular complexity index is 572. The van der Waals surface area contributed by atoms with E-state index in [0.717, 1.165) is 12.2 Å².